The number of hydrogen-bond donors (Lipinski definition) is 0. The first-order valence-corrected chi connectivity index (χ1v) is 13.9. The first-order chi connectivity index (χ1) is 17.1. The molecule has 0 radical (unpaired) electrons. The summed E-state index contributed by atoms with van der Waals surface area (Å²) in [6.45, 7) is 0. The van der Waals surface area contributed by atoms with Gasteiger partial charge in [-0.15, -0.1) is 0 Å². The number of carbonyl (C=O) groups excluding carboxylic acids is 2. The zero-order chi connectivity index (χ0) is 23.7. The quantitative estimate of drug-likeness (QED) is 0.138. The Morgan fingerprint density at radius 3 is 2.68 bits per heavy atom. The number of aromatic nitrogens is 1. The predicted molar refractivity (Wildman–Crippen MR) is 138 cm³/mol. The van der Waals surface area contributed by atoms with E-state index in [1.54, 1.807) is 41.4 Å². The second-order valence-corrected chi connectivity index (χ2v) is 12.1. The molecule has 1 aliphatic heterocycles. The number of carbonyl (C=O) groups is 2. The summed E-state index contributed by atoms with van der Waals surface area (Å²) < 4.78 is 11.6. The van der Waals surface area contributed by atoms with Gasteiger partial charge in [0.1, 0.15) is 0 Å². The SMILES string of the molecule is [2H]/C(=C1/C(=O)c2cc3ccsc3cc2C1=O)c1ccc(N2c3ccccc3Sc3cccnc32)[se]1. The van der Waals surface area contributed by atoms with Crippen LogP contribution in [0.1, 0.15) is 26.5 Å². The van der Waals surface area contributed by atoms with Crippen molar-refractivity contribution in [2.24, 2.45) is 0 Å². The van der Waals surface area contributed by atoms with Crippen LogP contribution < -0.4 is 4.90 Å². The van der Waals surface area contributed by atoms with Crippen LogP contribution in [0.3, 0.4) is 0 Å². The predicted octanol–water partition coefficient (Wildman–Crippen LogP) is 6.75. The maximum atomic E-state index is 13.2. The van der Waals surface area contributed by atoms with E-state index in [0.29, 0.717) is 15.6 Å². The number of anilines is 3. The van der Waals surface area contributed by atoms with Gasteiger partial charge in [-0.3, -0.25) is 0 Å². The maximum absolute atomic E-state index is 13.2. The van der Waals surface area contributed by atoms with E-state index in [2.05, 4.69) is 28.1 Å². The zero-order valence-corrected chi connectivity index (χ0v) is 20.8. The molecule has 5 aromatic rings. The normalized spacial score (nSPS) is 16.4. The first kappa shape index (κ1) is 19.1. The minimum absolute atomic E-state index is 0.0199. The molecule has 0 saturated heterocycles. The molecule has 3 aromatic heterocycles. The van der Waals surface area contributed by atoms with Gasteiger partial charge >= 0.3 is 211 Å². The number of nitrogens with zero attached hydrogens (tertiary/aromatic N) is 2. The van der Waals surface area contributed by atoms with E-state index in [1.807, 2.05) is 41.8 Å². The van der Waals surface area contributed by atoms with Crippen LogP contribution in [0.15, 0.2) is 93.7 Å². The van der Waals surface area contributed by atoms with Gasteiger partial charge in [-0.2, -0.15) is 0 Å². The summed E-state index contributed by atoms with van der Waals surface area (Å²) >= 11 is 2.96. The molecule has 0 unspecified atom stereocenters. The number of ketones is 2. The topological polar surface area (TPSA) is 50.3 Å². The Morgan fingerprint density at radius 2 is 1.76 bits per heavy atom. The van der Waals surface area contributed by atoms with Crippen molar-refractivity contribution < 1.29 is 11.0 Å². The Kier molecular flexibility index (Phi) is 4.30. The van der Waals surface area contributed by atoms with Gasteiger partial charge in [0.2, 0.25) is 0 Å². The fourth-order valence-electron chi connectivity index (χ4n) is 4.32. The molecule has 0 N–H and O–H groups in total. The Hall–Kier alpha value is -3.22. The molecule has 1 aliphatic carbocycles. The van der Waals surface area contributed by atoms with Crippen LogP contribution in [0.25, 0.3) is 16.1 Å². The van der Waals surface area contributed by atoms with Crippen molar-refractivity contribution in [1.29, 1.82) is 0 Å². The number of rotatable bonds is 2. The number of Topliss-reactive ketones (excluding diaryl/α,β-unsaturated/α-hetero) is 2. The van der Waals surface area contributed by atoms with Crippen molar-refractivity contribution in [1.82, 2.24) is 4.98 Å². The van der Waals surface area contributed by atoms with Crippen molar-refractivity contribution in [3.05, 3.63) is 99.4 Å². The third-order valence-corrected chi connectivity index (χ3v) is 9.94. The van der Waals surface area contributed by atoms with Crippen LogP contribution in [0.2, 0.25) is 0 Å². The Morgan fingerprint density at radius 1 is 0.941 bits per heavy atom. The molecular weight excluding hydrogens is 527 g/mol. The third-order valence-electron chi connectivity index (χ3n) is 5.89. The van der Waals surface area contributed by atoms with E-state index in [1.165, 1.54) is 0 Å². The molecule has 7 heteroatoms. The number of benzene rings is 2. The molecule has 7 rings (SSSR count). The van der Waals surface area contributed by atoms with E-state index in [-0.39, 0.29) is 37.7 Å². The van der Waals surface area contributed by atoms with Gasteiger partial charge in [0, 0.05) is 0 Å². The molecule has 2 aromatic carbocycles. The Labute approximate surface area is 210 Å². The number of para-hydroxylation sites is 1. The van der Waals surface area contributed by atoms with Gasteiger partial charge in [-0.25, -0.2) is 0 Å². The third kappa shape index (κ3) is 3.02. The molecule has 0 amide bonds. The van der Waals surface area contributed by atoms with Crippen molar-refractivity contribution in [3.8, 4) is 0 Å². The van der Waals surface area contributed by atoms with Crippen molar-refractivity contribution in [2.75, 3.05) is 4.90 Å². The van der Waals surface area contributed by atoms with Crippen LogP contribution in [0.5, 0.6) is 0 Å². The van der Waals surface area contributed by atoms with E-state index in [0.717, 1.165) is 35.9 Å². The standard InChI is InChI=1S/C27H14N2O2S2Se/c30-25-17-12-15-9-11-32-23(15)14-18(17)26(31)19(25)13-16-7-8-24(34-16)29-20-4-1-2-5-21(20)33-22-6-3-10-28-27(22)29/h1-14H/b19-13+/i13D. The number of fused-ring (bicyclic) bond motifs is 4. The summed E-state index contributed by atoms with van der Waals surface area (Å²) in [7, 11) is 0. The van der Waals surface area contributed by atoms with Gasteiger partial charge in [0.05, 0.1) is 0 Å². The summed E-state index contributed by atoms with van der Waals surface area (Å²) in [6, 6.07) is 21.6. The van der Waals surface area contributed by atoms with Crippen molar-refractivity contribution in [2.45, 2.75) is 9.79 Å². The molecule has 0 spiro atoms. The van der Waals surface area contributed by atoms with Crippen molar-refractivity contribution in [3.63, 3.8) is 0 Å². The van der Waals surface area contributed by atoms with Gasteiger partial charge in [0.15, 0.2) is 0 Å². The zero-order valence-electron chi connectivity index (χ0n) is 18.4. The number of pyridine rings is 1. The first-order valence-electron chi connectivity index (χ1n) is 11.0. The summed E-state index contributed by atoms with van der Waals surface area (Å²) in [5, 5.41) is 2.90. The average Bonchev–Trinajstić information content (AvgIpc) is 3.60. The van der Waals surface area contributed by atoms with Gasteiger partial charge in [-0.05, 0) is 0 Å². The summed E-state index contributed by atoms with van der Waals surface area (Å²) in [6.07, 6.45) is 1.78. The van der Waals surface area contributed by atoms with Gasteiger partial charge in [0.25, 0.3) is 0 Å². The van der Waals surface area contributed by atoms with Gasteiger partial charge in [-0.1, -0.05) is 0 Å². The average molecular weight is 543 g/mol. The molecule has 0 atom stereocenters. The van der Waals surface area contributed by atoms with Crippen LogP contribution >= 0.6 is 23.1 Å². The second kappa shape index (κ2) is 7.65. The van der Waals surface area contributed by atoms with E-state index >= 15 is 0 Å². The monoisotopic (exact) mass is 543 g/mol. The molecule has 162 valence electrons. The minimum atomic E-state index is -0.347. The van der Waals surface area contributed by atoms with E-state index in [4.69, 9.17) is 1.37 Å². The molecule has 4 heterocycles. The van der Waals surface area contributed by atoms with E-state index in [9.17, 15) is 9.59 Å². The summed E-state index contributed by atoms with van der Waals surface area (Å²) in [5.74, 6) is 0.167. The summed E-state index contributed by atoms with van der Waals surface area (Å²) in [5.41, 5.74) is 1.84. The van der Waals surface area contributed by atoms with Crippen LogP contribution in [-0.2, 0) is 0 Å². The van der Waals surface area contributed by atoms with E-state index < -0.39 is 0 Å². The van der Waals surface area contributed by atoms with Crippen molar-refractivity contribution >= 4 is 81.4 Å². The fraction of sp³-hybridized carbons (Fsp3) is 0. The molecule has 34 heavy (non-hydrogen) atoms. The Bertz CT molecular complexity index is 1660. The van der Waals surface area contributed by atoms with Crippen LogP contribution in [0.4, 0.5) is 16.1 Å². The molecule has 0 bridgehead atoms. The van der Waals surface area contributed by atoms with Crippen LogP contribution in [-0.4, -0.2) is 31.1 Å². The van der Waals surface area contributed by atoms with Gasteiger partial charge < -0.3 is 0 Å². The molecule has 2 aliphatic rings. The molecular formula is C27H14N2O2S2Se. The Balaban J connectivity index is 1.33. The molecule has 0 saturated carbocycles. The number of thiophene rings is 1. The molecule has 0 fully saturated rings. The fourth-order valence-corrected chi connectivity index (χ4v) is 8.11. The molecule has 4 nitrogen and oxygen atoms in total. The van der Waals surface area contributed by atoms with Crippen LogP contribution in [0, 0.1) is 0 Å². The number of allylic oxidation sites excluding steroid dienone is 1. The second-order valence-electron chi connectivity index (χ2n) is 7.88. The summed E-state index contributed by atoms with van der Waals surface area (Å²) in [4.78, 5) is 35.4. The number of hydrogen-bond acceptors (Lipinski definition) is 6.